The molecule has 1 aliphatic rings. The summed E-state index contributed by atoms with van der Waals surface area (Å²) < 4.78 is 4.82. The predicted octanol–water partition coefficient (Wildman–Crippen LogP) is 3.62. The van der Waals surface area contributed by atoms with E-state index in [2.05, 4.69) is 24.3 Å². The monoisotopic (exact) mass is 351 g/mol. The highest BCUT2D eigenvalue weighted by atomic mass is 16.5. The molecule has 2 aromatic carbocycles. The number of benzene rings is 2. The summed E-state index contributed by atoms with van der Waals surface area (Å²) in [6.45, 7) is 1.24. The highest BCUT2D eigenvalue weighted by Crippen LogP contribution is 2.29. The number of rotatable bonds is 5. The first-order valence-electron chi connectivity index (χ1n) is 9.14. The quantitative estimate of drug-likeness (QED) is 0.773. The van der Waals surface area contributed by atoms with Gasteiger partial charge in [0.1, 0.15) is 0 Å². The Morgan fingerprint density at radius 2 is 1.46 bits per heavy atom. The Labute approximate surface area is 154 Å². The van der Waals surface area contributed by atoms with Crippen LogP contribution in [0.1, 0.15) is 36.3 Å². The molecule has 26 heavy (non-hydrogen) atoms. The lowest BCUT2D eigenvalue weighted by Crippen LogP contribution is -2.41. The predicted molar refractivity (Wildman–Crippen MR) is 101 cm³/mol. The molecule has 0 aromatic heterocycles. The molecule has 1 heterocycles. The van der Waals surface area contributed by atoms with Crippen LogP contribution in [0.4, 0.5) is 0 Å². The Hall–Kier alpha value is -2.62. The lowest BCUT2D eigenvalue weighted by molar-refractivity contribution is -0.148. The molecule has 2 aromatic rings. The minimum Gasteiger partial charge on any atom is -0.469 e. The molecule has 0 N–H and O–H groups in total. The molecule has 0 unspecified atom stereocenters. The Bertz CT molecular complexity index is 682. The normalized spacial score (nSPS) is 15.1. The molecular weight excluding hydrogens is 326 g/mol. The molecular formula is C22H25NO3. The fourth-order valence-corrected chi connectivity index (χ4v) is 3.63. The summed E-state index contributed by atoms with van der Waals surface area (Å²) in [4.78, 5) is 26.5. The van der Waals surface area contributed by atoms with Crippen LogP contribution in [0, 0.1) is 5.92 Å². The summed E-state index contributed by atoms with van der Waals surface area (Å²) in [7, 11) is 1.42. The summed E-state index contributed by atoms with van der Waals surface area (Å²) >= 11 is 0. The summed E-state index contributed by atoms with van der Waals surface area (Å²) in [5, 5.41) is 0. The van der Waals surface area contributed by atoms with Crippen LogP contribution in [0.15, 0.2) is 60.7 Å². The number of amides is 1. The van der Waals surface area contributed by atoms with Crippen molar-refractivity contribution in [3.8, 4) is 0 Å². The van der Waals surface area contributed by atoms with E-state index in [-0.39, 0.29) is 23.7 Å². The maximum absolute atomic E-state index is 12.9. The number of carbonyl (C=O) groups is 2. The lowest BCUT2D eigenvalue weighted by atomic mass is 9.87. The molecule has 0 aliphatic carbocycles. The van der Waals surface area contributed by atoms with Crippen molar-refractivity contribution >= 4 is 11.9 Å². The molecule has 1 fully saturated rings. The van der Waals surface area contributed by atoms with Gasteiger partial charge in [-0.3, -0.25) is 9.59 Å². The van der Waals surface area contributed by atoms with Crippen LogP contribution >= 0.6 is 0 Å². The number of carbonyl (C=O) groups excluding carboxylic acids is 2. The van der Waals surface area contributed by atoms with E-state index in [0.717, 1.165) is 11.1 Å². The van der Waals surface area contributed by atoms with Crippen molar-refractivity contribution in [2.45, 2.75) is 25.2 Å². The Morgan fingerprint density at radius 3 is 1.92 bits per heavy atom. The second-order valence-corrected chi connectivity index (χ2v) is 6.76. The summed E-state index contributed by atoms with van der Waals surface area (Å²) in [5.74, 6) is -0.0547. The molecule has 136 valence electrons. The van der Waals surface area contributed by atoms with Crippen LogP contribution in [-0.2, 0) is 14.3 Å². The van der Waals surface area contributed by atoms with Gasteiger partial charge in [-0.25, -0.2) is 0 Å². The lowest BCUT2D eigenvalue weighted by Gasteiger charge is -2.32. The third-order valence-corrected chi connectivity index (χ3v) is 5.16. The molecule has 0 saturated carbocycles. The Kier molecular flexibility index (Phi) is 6.05. The van der Waals surface area contributed by atoms with Crippen LogP contribution < -0.4 is 0 Å². The van der Waals surface area contributed by atoms with Gasteiger partial charge in [0.05, 0.1) is 13.0 Å². The minimum absolute atomic E-state index is 0.0447. The van der Waals surface area contributed by atoms with Crippen molar-refractivity contribution in [1.82, 2.24) is 4.90 Å². The van der Waals surface area contributed by atoms with E-state index in [4.69, 9.17) is 4.74 Å². The fourth-order valence-electron chi connectivity index (χ4n) is 3.63. The van der Waals surface area contributed by atoms with Gasteiger partial charge in [0.15, 0.2) is 0 Å². The zero-order valence-electron chi connectivity index (χ0n) is 15.1. The molecule has 1 saturated heterocycles. The Balaban J connectivity index is 1.70. The summed E-state index contributed by atoms with van der Waals surface area (Å²) in [6.07, 6.45) is 1.80. The number of nitrogens with zero attached hydrogens (tertiary/aromatic N) is 1. The van der Waals surface area contributed by atoms with E-state index in [0.29, 0.717) is 32.4 Å². The average Bonchev–Trinajstić information content (AvgIpc) is 2.72. The number of hydrogen-bond donors (Lipinski definition) is 0. The van der Waals surface area contributed by atoms with Gasteiger partial charge in [0.2, 0.25) is 5.91 Å². The number of ether oxygens (including phenoxy) is 1. The molecule has 1 aliphatic heterocycles. The van der Waals surface area contributed by atoms with Crippen molar-refractivity contribution in [3.05, 3.63) is 71.8 Å². The van der Waals surface area contributed by atoms with E-state index >= 15 is 0 Å². The van der Waals surface area contributed by atoms with Gasteiger partial charge in [-0.05, 0) is 24.0 Å². The van der Waals surface area contributed by atoms with E-state index in [1.165, 1.54) is 7.11 Å². The SMILES string of the molecule is COC(=O)C1CCN(C(=O)CC(c2ccccc2)c2ccccc2)CC1. The van der Waals surface area contributed by atoms with Crippen molar-refractivity contribution in [1.29, 1.82) is 0 Å². The van der Waals surface area contributed by atoms with Crippen LogP contribution in [0.25, 0.3) is 0 Å². The van der Waals surface area contributed by atoms with Gasteiger partial charge >= 0.3 is 5.97 Å². The summed E-state index contributed by atoms with van der Waals surface area (Å²) in [5.41, 5.74) is 2.30. The standard InChI is InChI=1S/C22H25NO3/c1-26-22(25)19-12-14-23(15-13-19)21(24)16-20(17-8-4-2-5-9-17)18-10-6-3-7-11-18/h2-11,19-20H,12-16H2,1H3. The maximum Gasteiger partial charge on any atom is 0.308 e. The second-order valence-electron chi connectivity index (χ2n) is 6.76. The highest BCUT2D eigenvalue weighted by Gasteiger charge is 2.29. The molecule has 0 atom stereocenters. The van der Waals surface area contributed by atoms with Crippen molar-refractivity contribution in [3.63, 3.8) is 0 Å². The number of esters is 1. The number of piperidine rings is 1. The molecule has 1 amide bonds. The third-order valence-electron chi connectivity index (χ3n) is 5.16. The molecule has 0 radical (unpaired) electrons. The zero-order valence-corrected chi connectivity index (χ0v) is 15.1. The maximum atomic E-state index is 12.9. The first-order valence-corrected chi connectivity index (χ1v) is 9.14. The average molecular weight is 351 g/mol. The fraction of sp³-hybridized carbons (Fsp3) is 0.364. The van der Waals surface area contributed by atoms with E-state index < -0.39 is 0 Å². The number of likely N-dealkylation sites (tertiary alicyclic amines) is 1. The Morgan fingerprint density at radius 1 is 0.962 bits per heavy atom. The molecule has 3 rings (SSSR count). The van der Waals surface area contributed by atoms with Gasteiger partial charge in [-0.2, -0.15) is 0 Å². The second kappa shape index (κ2) is 8.65. The van der Waals surface area contributed by atoms with Crippen LogP contribution in [0.2, 0.25) is 0 Å². The van der Waals surface area contributed by atoms with Crippen molar-refractivity contribution < 1.29 is 14.3 Å². The van der Waals surface area contributed by atoms with Crippen molar-refractivity contribution in [2.75, 3.05) is 20.2 Å². The molecule has 4 heteroatoms. The van der Waals surface area contributed by atoms with Gasteiger partial charge in [0.25, 0.3) is 0 Å². The van der Waals surface area contributed by atoms with Gasteiger partial charge in [-0.15, -0.1) is 0 Å². The van der Waals surface area contributed by atoms with Gasteiger partial charge in [0, 0.05) is 25.4 Å². The number of hydrogen-bond acceptors (Lipinski definition) is 3. The summed E-state index contributed by atoms with van der Waals surface area (Å²) in [6, 6.07) is 20.3. The largest absolute Gasteiger partial charge is 0.469 e. The first kappa shape index (κ1) is 18.2. The highest BCUT2D eigenvalue weighted by molar-refractivity contribution is 5.78. The van der Waals surface area contributed by atoms with Gasteiger partial charge < -0.3 is 9.64 Å². The first-order chi connectivity index (χ1) is 12.7. The topological polar surface area (TPSA) is 46.6 Å². The van der Waals surface area contributed by atoms with E-state index in [1.807, 2.05) is 41.3 Å². The van der Waals surface area contributed by atoms with Crippen LogP contribution in [-0.4, -0.2) is 37.0 Å². The van der Waals surface area contributed by atoms with Gasteiger partial charge in [-0.1, -0.05) is 60.7 Å². The van der Waals surface area contributed by atoms with Crippen LogP contribution in [0.3, 0.4) is 0 Å². The molecule has 0 bridgehead atoms. The van der Waals surface area contributed by atoms with E-state index in [9.17, 15) is 9.59 Å². The zero-order chi connectivity index (χ0) is 18.4. The third kappa shape index (κ3) is 4.31. The molecule has 4 nitrogen and oxygen atoms in total. The minimum atomic E-state index is -0.163. The smallest absolute Gasteiger partial charge is 0.308 e. The van der Waals surface area contributed by atoms with E-state index in [1.54, 1.807) is 0 Å². The molecule has 0 spiro atoms. The number of methoxy groups -OCH3 is 1. The van der Waals surface area contributed by atoms with Crippen LogP contribution in [0.5, 0.6) is 0 Å². The van der Waals surface area contributed by atoms with Crippen molar-refractivity contribution in [2.24, 2.45) is 5.92 Å².